The van der Waals surface area contributed by atoms with Crippen molar-refractivity contribution in [3.8, 4) is 0 Å². The minimum atomic E-state index is -0.863. The molecule has 1 saturated heterocycles. The third kappa shape index (κ3) is 1.41. The summed E-state index contributed by atoms with van der Waals surface area (Å²) >= 11 is 0. The summed E-state index contributed by atoms with van der Waals surface area (Å²) in [6, 6.07) is 0. The van der Waals surface area contributed by atoms with Crippen LogP contribution in [-0.4, -0.2) is 22.8 Å². The molecule has 0 aromatic heterocycles. The lowest BCUT2D eigenvalue weighted by Crippen LogP contribution is -2.26. The van der Waals surface area contributed by atoms with E-state index >= 15 is 0 Å². The van der Waals surface area contributed by atoms with Gasteiger partial charge in [0.1, 0.15) is 0 Å². The van der Waals surface area contributed by atoms with Crippen LogP contribution in [0.2, 0.25) is 0 Å². The minimum Gasteiger partial charge on any atom is -0.366 e. The molecule has 1 rings (SSSR count). The maximum atomic E-state index is 8.57. The van der Waals surface area contributed by atoms with Crippen molar-refractivity contribution >= 4 is 0 Å². The maximum absolute atomic E-state index is 8.57. The Labute approximate surface area is 46.6 Å². The Morgan fingerprint density at radius 2 is 1.38 bits per heavy atom. The van der Waals surface area contributed by atoms with Crippen LogP contribution in [0.1, 0.15) is 12.8 Å². The highest BCUT2D eigenvalue weighted by Crippen LogP contribution is 2.11. The van der Waals surface area contributed by atoms with E-state index in [2.05, 4.69) is 9.78 Å². The fourth-order valence-corrected chi connectivity index (χ4v) is 0.510. The standard InChI is InChI=1S/C4H8O4/c5-3-1-2-4(6)8-7-3/h3-6H,1-2H2. The van der Waals surface area contributed by atoms with Crippen molar-refractivity contribution in [3.63, 3.8) is 0 Å². The molecule has 48 valence electrons. The van der Waals surface area contributed by atoms with E-state index in [-0.39, 0.29) is 0 Å². The van der Waals surface area contributed by atoms with E-state index in [1.165, 1.54) is 0 Å². The molecule has 0 aromatic rings. The molecule has 4 nitrogen and oxygen atoms in total. The molecule has 1 heterocycles. The zero-order valence-electron chi connectivity index (χ0n) is 4.28. The summed E-state index contributed by atoms with van der Waals surface area (Å²) in [5.74, 6) is 0. The Bertz CT molecular complexity index is 56.4. The van der Waals surface area contributed by atoms with Crippen molar-refractivity contribution in [2.75, 3.05) is 0 Å². The van der Waals surface area contributed by atoms with Crippen LogP contribution in [0.15, 0.2) is 0 Å². The molecule has 0 aliphatic carbocycles. The molecular formula is C4H8O4. The molecule has 0 amide bonds. The molecular weight excluding hydrogens is 112 g/mol. The van der Waals surface area contributed by atoms with Crippen molar-refractivity contribution in [1.82, 2.24) is 0 Å². The molecule has 0 aromatic carbocycles. The molecule has 2 N–H and O–H groups in total. The van der Waals surface area contributed by atoms with E-state index in [4.69, 9.17) is 10.2 Å². The van der Waals surface area contributed by atoms with Crippen molar-refractivity contribution < 1.29 is 20.0 Å². The number of aliphatic hydroxyl groups is 2. The van der Waals surface area contributed by atoms with Gasteiger partial charge in [-0.1, -0.05) is 0 Å². The van der Waals surface area contributed by atoms with Gasteiger partial charge in [0, 0.05) is 12.8 Å². The first kappa shape index (κ1) is 5.97. The fraction of sp³-hybridized carbons (Fsp3) is 1.00. The van der Waals surface area contributed by atoms with Crippen LogP contribution >= 0.6 is 0 Å². The fourth-order valence-electron chi connectivity index (χ4n) is 0.510. The second-order valence-electron chi connectivity index (χ2n) is 1.68. The third-order valence-corrected chi connectivity index (χ3v) is 0.938. The maximum Gasteiger partial charge on any atom is 0.188 e. The Kier molecular flexibility index (Phi) is 1.80. The van der Waals surface area contributed by atoms with Crippen molar-refractivity contribution in [2.45, 2.75) is 25.4 Å². The predicted octanol–water partition coefficient (Wildman–Crippen LogP) is -0.635. The van der Waals surface area contributed by atoms with Crippen LogP contribution in [0.5, 0.6) is 0 Å². The zero-order valence-corrected chi connectivity index (χ0v) is 4.28. The molecule has 2 atom stereocenters. The summed E-state index contributed by atoms with van der Waals surface area (Å²) in [5, 5.41) is 17.1. The smallest absolute Gasteiger partial charge is 0.188 e. The second kappa shape index (κ2) is 2.41. The average molecular weight is 120 g/mol. The van der Waals surface area contributed by atoms with Crippen molar-refractivity contribution in [3.05, 3.63) is 0 Å². The van der Waals surface area contributed by atoms with Crippen LogP contribution in [0, 0.1) is 0 Å². The number of hydrogen-bond donors (Lipinski definition) is 2. The van der Waals surface area contributed by atoms with Gasteiger partial charge in [0.2, 0.25) is 0 Å². The summed E-state index contributed by atoms with van der Waals surface area (Å²) in [5.41, 5.74) is 0. The summed E-state index contributed by atoms with van der Waals surface area (Å²) < 4.78 is 0. The van der Waals surface area contributed by atoms with Crippen LogP contribution in [0.3, 0.4) is 0 Å². The SMILES string of the molecule is OC1CCC(O)OO1. The normalized spacial score (nSPS) is 39.8. The molecule has 0 radical (unpaired) electrons. The molecule has 1 aliphatic heterocycles. The first-order chi connectivity index (χ1) is 3.79. The molecule has 0 saturated carbocycles. The Hall–Kier alpha value is -0.160. The van der Waals surface area contributed by atoms with Gasteiger partial charge in [-0.25, -0.2) is 9.78 Å². The van der Waals surface area contributed by atoms with Crippen molar-refractivity contribution in [1.29, 1.82) is 0 Å². The van der Waals surface area contributed by atoms with Gasteiger partial charge in [-0.15, -0.1) is 0 Å². The number of aliphatic hydroxyl groups excluding tert-OH is 2. The first-order valence-corrected chi connectivity index (χ1v) is 2.47. The molecule has 0 spiro atoms. The van der Waals surface area contributed by atoms with E-state index < -0.39 is 12.6 Å². The topological polar surface area (TPSA) is 58.9 Å². The molecule has 8 heavy (non-hydrogen) atoms. The monoisotopic (exact) mass is 120 g/mol. The van der Waals surface area contributed by atoms with E-state index in [1.807, 2.05) is 0 Å². The minimum absolute atomic E-state index is 0.432. The largest absolute Gasteiger partial charge is 0.366 e. The molecule has 4 heteroatoms. The molecule has 1 aliphatic rings. The van der Waals surface area contributed by atoms with Crippen LogP contribution < -0.4 is 0 Å². The molecule has 0 bridgehead atoms. The number of hydrogen-bond acceptors (Lipinski definition) is 4. The highest BCUT2D eigenvalue weighted by atomic mass is 17.2. The first-order valence-electron chi connectivity index (χ1n) is 2.47. The lowest BCUT2D eigenvalue weighted by atomic mass is 10.3. The summed E-state index contributed by atoms with van der Waals surface area (Å²) in [4.78, 5) is 8.39. The highest BCUT2D eigenvalue weighted by molar-refractivity contribution is 4.47. The lowest BCUT2D eigenvalue weighted by molar-refractivity contribution is -0.446. The average Bonchev–Trinajstić information content (AvgIpc) is 1.77. The third-order valence-electron chi connectivity index (χ3n) is 0.938. The van der Waals surface area contributed by atoms with Gasteiger partial charge in [-0.3, -0.25) is 0 Å². The van der Waals surface area contributed by atoms with Crippen LogP contribution in [0.25, 0.3) is 0 Å². The second-order valence-corrected chi connectivity index (χ2v) is 1.68. The molecule has 1 fully saturated rings. The Balaban J connectivity index is 2.19. The van der Waals surface area contributed by atoms with E-state index in [9.17, 15) is 0 Å². The van der Waals surface area contributed by atoms with Gasteiger partial charge in [0.15, 0.2) is 12.6 Å². The van der Waals surface area contributed by atoms with Gasteiger partial charge in [-0.2, -0.15) is 0 Å². The Morgan fingerprint density at radius 3 is 1.62 bits per heavy atom. The summed E-state index contributed by atoms with van der Waals surface area (Å²) in [6.45, 7) is 0. The number of rotatable bonds is 0. The summed E-state index contributed by atoms with van der Waals surface area (Å²) in [6.07, 6.45) is -0.862. The van der Waals surface area contributed by atoms with E-state index in [1.54, 1.807) is 0 Å². The van der Waals surface area contributed by atoms with Gasteiger partial charge in [-0.05, 0) is 0 Å². The van der Waals surface area contributed by atoms with E-state index in [0.717, 1.165) is 0 Å². The Morgan fingerprint density at radius 1 is 1.00 bits per heavy atom. The molecule has 2 unspecified atom stereocenters. The van der Waals surface area contributed by atoms with Gasteiger partial charge in [0.05, 0.1) is 0 Å². The van der Waals surface area contributed by atoms with Gasteiger partial charge < -0.3 is 10.2 Å². The lowest BCUT2D eigenvalue weighted by Gasteiger charge is -2.19. The van der Waals surface area contributed by atoms with E-state index in [0.29, 0.717) is 12.8 Å². The predicted molar refractivity (Wildman–Crippen MR) is 23.4 cm³/mol. The van der Waals surface area contributed by atoms with Gasteiger partial charge >= 0.3 is 0 Å². The van der Waals surface area contributed by atoms with Crippen LogP contribution in [0.4, 0.5) is 0 Å². The van der Waals surface area contributed by atoms with Crippen molar-refractivity contribution in [2.24, 2.45) is 0 Å². The van der Waals surface area contributed by atoms with Crippen LogP contribution in [-0.2, 0) is 9.78 Å². The zero-order chi connectivity index (χ0) is 5.98. The van der Waals surface area contributed by atoms with Gasteiger partial charge in [0.25, 0.3) is 0 Å². The summed E-state index contributed by atoms with van der Waals surface area (Å²) in [7, 11) is 0. The quantitative estimate of drug-likeness (QED) is 0.418. The highest BCUT2D eigenvalue weighted by Gasteiger charge is 2.17.